The van der Waals surface area contributed by atoms with E-state index < -0.39 is 0 Å². The largest absolute Gasteiger partial charge is 0.340 e. The first-order chi connectivity index (χ1) is 10.3. The number of benzene rings is 1. The zero-order chi connectivity index (χ0) is 14.9. The summed E-state index contributed by atoms with van der Waals surface area (Å²) in [6.07, 6.45) is 4.19. The molecule has 0 aliphatic heterocycles. The maximum Gasteiger partial charge on any atom is 0.232 e. The van der Waals surface area contributed by atoms with Crippen LogP contribution in [0.1, 0.15) is 10.4 Å². The molecule has 21 heavy (non-hydrogen) atoms. The molecule has 0 bridgehead atoms. The first-order valence-electron chi connectivity index (χ1n) is 6.81. The minimum absolute atomic E-state index is 0.182. The van der Waals surface area contributed by atoms with Crippen molar-refractivity contribution in [3.63, 3.8) is 0 Å². The lowest BCUT2D eigenvalue weighted by atomic mass is 10.2. The molecule has 1 aromatic carbocycles. The topological polar surface area (TPSA) is 20.3 Å². The highest BCUT2D eigenvalue weighted by Crippen LogP contribution is 2.12. The van der Waals surface area contributed by atoms with Crippen LogP contribution in [-0.2, 0) is 11.3 Å². The molecule has 0 saturated carbocycles. The fourth-order valence-corrected chi connectivity index (χ4v) is 3.30. The van der Waals surface area contributed by atoms with Crippen molar-refractivity contribution in [2.24, 2.45) is 0 Å². The van der Waals surface area contributed by atoms with Gasteiger partial charge < -0.3 is 4.90 Å². The van der Waals surface area contributed by atoms with Gasteiger partial charge in [0.05, 0.1) is 12.3 Å². The van der Waals surface area contributed by atoms with Crippen LogP contribution in [0.4, 0.5) is 0 Å². The van der Waals surface area contributed by atoms with E-state index in [1.165, 1.54) is 10.4 Å². The summed E-state index contributed by atoms with van der Waals surface area (Å²) < 4.78 is 0. The van der Waals surface area contributed by atoms with Gasteiger partial charge in [-0.25, -0.2) is 0 Å². The number of hydrogen-bond acceptors (Lipinski definition) is 3. The van der Waals surface area contributed by atoms with Crippen LogP contribution < -0.4 is 0 Å². The van der Waals surface area contributed by atoms with E-state index in [0.717, 1.165) is 5.75 Å². The number of rotatable bonds is 7. The van der Waals surface area contributed by atoms with E-state index in [2.05, 4.69) is 30.4 Å². The predicted octanol–water partition coefficient (Wildman–Crippen LogP) is 4.15. The number of nitrogens with zero attached hydrogens (tertiary/aromatic N) is 1. The van der Waals surface area contributed by atoms with Crippen molar-refractivity contribution in [2.75, 3.05) is 18.6 Å². The molecule has 1 amide bonds. The third-order valence-electron chi connectivity index (χ3n) is 2.95. The average Bonchev–Trinajstić information content (AvgIpc) is 3.00. The Balaban J connectivity index is 1.66. The van der Waals surface area contributed by atoms with Crippen LogP contribution in [0.3, 0.4) is 0 Å². The van der Waals surface area contributed by atoms with Crippen molar-refractivity contribution in [1.82, 2.24) is 4.90 Å². The number of hydrogen-bond donors (Lipinski definition) is 0. The van der Waals surface area contributed by atoms with E-state index in [1.54, 1.807) is 28.0 Å². The van der Waals surface area contributed by atoms with Crippen LogP contribution >= 0.6 is 23.1 Å². The van der Waals surface area contributed by atoms with Crippen molar-refractivity contribution in [1.29, 1.82) is 0 Å². The molecule has 0 atom stereocenters. The van der Waals surface area contributed by atoms with Gasteiger partial charge in [-0.3, -0.25) is 4.79 Å². The second-order valence-electron chi connectivity index (χ2n) is 4.66. The van der Waals surface area contributed by atoms with Crippen molar-refractivity contribution in [3.05, 3.63) is 64.4 Å². The summed E-state index contributed by atoms with van der Waals surface area (Å²) >= 11 is 3.33. The number of amides is 1. The summed E-state index contributed by atoms with van der Waals surface area (Å²) in [5.74, 6) is 1.57. The molecule has 0 saturated heterocycles. The average molecular weight is 317 g/mol. The van der Waals surface area contributed by atoms with E-state index >= 15 is 0 Å². The van der Waals surface area contributed by atoms with E-state index in [1.807, 2.05) is 36.7 Å². The Labute approximate surface area is 134 Å². The minimum Gasteiger partial charge on any atom is -0.340 e. The highest BCUT2D eigenvalue weighted by molar-refractivity contribution is 8.00. The summed E-state index contributed by atoms with van der Waals surface area (Å²) in [6, 6.07) is 14.3. The molecular weight excluding hydrogens is 298 g/mol. The second-order valence-corrected chi connectivity index (χ2v) is 6.72. The van der Waals surface area contributed by atoms with E-state index in [9.17, 15) is 4.79 Å². The fraction of sp³-hybridized carbons (Fsp3) is 0.235. The van der Waals surface area contributed by atoms with E-state index in [-0.39, 0.29) is 5.91 Å². The van der Waals surface area contributed by atoms with Gasteiger partial charge in [0.2, 0.25) is 5.91 Å². The molecule has 0 spiro atoms. The standard InChI is InChI=1S/C17H19NOS2/c1-18(13-16-10-6-12-21-16)17(19)14-20-11-5-9-15-7-3-2-4-8-15/h2-10,12H,11,13-14H2,1H3/b9-5+. The Morgan fingerprint density at radius 1 is 1.24 bits per heavy atom. The molecular formula is C17H19NOS2. The van der Waals surface area contributed by atoms with Gasteiger partial charge >= 0.3 is 0 Å². The normalized spacial score (nSPS) is 10.9. The van der Waals surface area contributed by atoms with Gasteiger partial charge in [-0.05, 0) is 17.0 Å². The summed E-state index contributed by atoms with van der Waals surface area (Å²) in [4.78, 5) is 15.0. The third-order valence-corrected chi connectivity index (χ3v) is 4.69. The van der Waals surface area contributed by atoms with E-state index in [0.29, 0.717) is 12.3 Å². The third kappa shape index (κ3) is 5.78. The summed E-state index contributed by atoms with van der Waals surface area (Å²) in [6.45, 7) is 0.705. The Morgan fingerprint density at radius 3 is 2.76 bits per heavy atom. The highest BCUT2D eigenvalue weighted by atomic mass is 32.2. The molecule has 4 heteroatoms. The van der Waals surface area contributed by atoms with Crippen LogP contribution in [0.2, 0.25) is 0 Å². The molecule has 2 nitrogen and oxygen atoms in total. The Bertz CT molecular complexity index is 564. The van der Waals surface area contributed by atoms with Crippen LogP contribution in [0.5, 0.6) is 0 Å². The van der Waals surface area contributed by atoms with Gasteiger partial charge in [-0.1, -0.05) is 48.6 Å². The lowest BCUT2D eigenvalue weighted by molar-refractivity contribution is -0.127. The van der Waals surface area contributed by atoms with Gasteiger partial charge in [0.1, 0.15) is 0 Å². The molecule has 0 radical (unpaired) electrons. The zero-order valence-electron chi connectivity index (χ0n) is 12.1. The second kappa shape index (κ2) is 8.70. The highest BCUT2D eigenvalue weighted by Gasteiger charge is 2.09. The Morgan fingerprint density at radius 2 is 2.05 bits per heavy atom. The molecule has 0 aliphatic carbocycles. The number of thioether (sulfide) groups is 1. The fourth-order valence-electron chi connectivity index (χ4n) is 1.80. The van der Waals surface area contributed by atoms with Crippen molar-refractivity contribution in [2.45, 2.75) is 6.54 Å². The number of carbonyl (C=O) groups excluding carboxylic acids is 1. The van der Waals surface area contributed by atoms with Gasteiger partial charge in [-0.15, -0.1) is 23.1 Å². The summed E-state index contributed by atoms with van der Waals surface area (Å²) in [7, 11) is 1.86. The van der Waals surface area contributed by atoms with Crippen LogP contribution in [0, 0.1) is 0 Å². The Kier molecular flexibility index (Phi) is 6.57. The maximum atomic E-state index is 12.0. The maximum absolute atomic E-state index is 12.0. The van der Waals surface area contributed by atoms with Crippen molar-refractivity contribution in [3.8, 4) is 0 Å². The SMILES string of the molecule is CN(Cc1cccs1)C(=O)CSC/C=C/c1ccccc1. The molecule has 1 heterocycles. The van der Waals surface area contributed by atoms with Crippen LogP contribution in [-0.4, -0.2) is 29.4 Å². The predicted molar refractivity (Wildman–Crippen MR) is 93.6 cm³/mol. The summed E-state index contributed by atoms with van der Waals surface area (Å²) in [5.41, 5.74) is 1.19. The molecule has 0 unspecified atom stereocenters. The van der Waals surface area contributed by atoms with E-state index in [4.69, 9.17) is 0 Å². The smallest absolute Gasteiger partial charge is 0.232 e. The summed E-state index contributed by atoms with van der Waals surface area (Å²) in [5, 5.41) is 2.04. The molecule has 2 aromatic rings. The molecule has 1 aromatic heterocycles. The van der Waals surface area contributed by atoms with Crippen molar-refractivity contribution < 1.29 is 4.79 Å². The zero-order valence-corrected chi connectivity index (χ0v) is 13.7. The van der Waals surface area contributed by atoms with Gasteiger partial charge in [0.15, 0.2) is 0 Å². The lowest BCUT2D eigenvalue weighted by Crippen LogP contribution is -2.27. The molecule has 0 N–H and O–H groups in total. The monoisotopic (exact) mass is 317 g/mol. The molecule has 0 aliphatic rings. The molecule has 0 fully saturated rings. The molecule has 2 rings (SSSR count). The number of carbonyl (C=O) groups is 1. The Hall–Kier alpha value is -1.52. The van der Waals surface area contributed by atoms with Crippen LogP contribution in [0.15, 0.2) is 53.9 Å². The van der Waals surface area contributed by atoms with Crippen LogP contribution in [0.25, 0.3) is 6.08 Å². The minimum atomic E-state index is 0.182. The quantitative estimate of drug-likeness (QED) is 0.715. The first-order valence-corrected chi connectivity index (χ1v) is 8.85. The van der Waals surface area contributed by atoms with Gasteiger partial charge in [-0.2, -0.15) is 0 Å². The first kappa shape index (κ1) is 15.9. The lowest BCUT2D eigenvalue weighted by Gasteiger charge is -2.15. The van der Waals surface area contributed by atoms with Crippen molar-refractivity contribution >= 4 is 35.1 Å². The van der Waals surface area contributed by atoms with Gasteiger partial charge in [0, 0.05) is 17.7 Å². The number of thiophene rings is 1. The molecule has 110 valence electrons. The van der Waals surface area contributed by atoms with Gasteiger partial charge in [0.25, 0.3) is 0 Å².